The Bertz CT molecular complexity index is 206. The molecular weight excluding hydrogens is 287 g/mol. The molecule has 1 aliphatic heterocycles. The summed E-state index contributed by atoms with van der Waals surface area (Å²) >= 11 is 2.46. The number of halogens is 1. The molecule has 1 spiro atoms. The van der Waals surface area contributed by atoms with Crippen LogP contribution in [0.2, 0.25) is 0 Å². The van der Waals surface area contributed by atoms with E-state index in [1.165, 1.54) is 36.5 Å². The molecule has 1 nitrogen and oxygen atoms in total. The van der Waals surface area contributed by atoms with Gasteiger partial charge in [-0.25, -0.2) is 0 Å². The predicted molar refractivity (Wildman–Crippen MR) is 67.9 cm³/mol. The molecule has 2 aliphatic rings. The first kappa shape index (κ1) is 11.2. The highest BCUT2D eigenvalue weighted by Gasteiger charge is 2.46. The standard InChI is InChI=1S/C12H21IO/c1-9-3-5-12(10(2)7-9)6-4-11(8-13)14-12/h9-11H,3-8H2,1-2H3. The number of alkyl halides is 1. The van der Waals surface area contributed by atoms with Crippen LogP contribution in [-0.4, -0.2) is 16.1 Å². The van der Waals surface area contributed by atoms with Crippen LogP contribution in [0, 0.1) is 11.8 Å². The molecule has 0 radical (unpaired) electrons. The zero-order valence-corrected chi connectivity index (χ0v) is 11.4. The van der Waals surface area contributed by atoms with Gasteiger partial charge in [0.1, 0.15) is 0 Å². The van der Waals surface area contributed by atoms with Crippen LogP contribution in [-0.2, 0) is 4.74 Å². The van der Waals surface area contributed by atoms with Gasteiger partial charge in [-0.3, -0.25) is 0 Å². The zero-order chi connectivity index (χ0) is 10.2. The largest absolute Gasteiger partial charge is 0.371 e. The van der Waals surface area contributed by atoms with E-state index in [1.54, 1.807) is 0 Å². The average molecular weight is 308 g/mol. The summed E-state index contributed by atoms with van der Waals surface area (Å²) in [6, 6.07) is 0. The molecule has 4 unspecified atom stereocenters. The molecule has 82 valence electrons. The molecule has 0 aromatic rings. The van der Waals surface area contributed by atoms with Crippen molar-refractivity contribution in [3.63, 3.8) is 0 Å². The third-order valence-corrected chi connectivity index (χ3v) is 5.16. The van der Waals surface area contributed by atoms with Gasteiger partial charge in [-0.15, -0.1) is 0 Å². The lowest BCUT2D eigenvalue weighted by Gasteiger charge is -2.41. The normalized spacial score (nSPS) is 48.6. The van der Waals surface area contributed by atoms with Gasteiger partial charge in [-0.05, 0) is 43.9 Å². The Morgan fingerprint density at radius 1 is 1.29 bits per heavy atom. The van der Waals surface area contributed by atoms with Gasteiger partial charge in [0, 0.05) is 4.43 Å². The number of ether oxygens (including phenoxy) is 1. The van der Waals surface area contributed by atoms with Crippen molar-refractivity contribution in [1.82, 2.24) is 0 Å². The molecule has 1 aliphatic carbocycles. The van der Waals surface area contributed by atoms with Gasteiger partial charge < -0.3 is 4.74 Å². The second kappa shape index (κ2) is 4.28. The Balaban J connectivity index is 2.02. The first-order chi connectivity index (χ1) is 6.66. The van der Waals surface area contributed by atoms with Crippen LogP contribution >= 0.6 is 22.6 Å². The third kappa shape index (κ3) is 1.97. The molecule has 0 aromatic heterocycles. The van der Waals surface area contributed by atoms with Gasteiger partial charge in [-0.2, -0.15) is 0 Å². The van der Waals surface area contributed by atoms with E-state index in [0.29, 0.717) is 6.10 Å². The Morgan fingerprint density at radius 3 is 2.57 bits per heavy atom. The summed E-state index contributed by atoms with van der Waals surface area (Å²) in [7, 11) is 0. The third-order valence-electron chi connectivity index (χ3n) is 4.18. The Morgan fingerprint density at radius 2 is 2.00 bits per heavy atom. The van der Waals surface area contributed by atoms with E-state index in [-0.39, 0.29) is 5.60 Å². The highest BCUT2D eigenvalue weighted by molar-refractivity contribution is 14.1. The fourth-order valence-electron chi connectivity index (χ4n) is 3.18. The fraction of sp³-hybridized carbons (Fsp3) is 1.00. The second-order valence-corrected chi connectivity index (χ2v) is 6.16. The van der Waals surface area contributed by atoms with Gasteiger partial charge in [0.25, 0.3) is 0 Å². The van der Waals surface area contributed by atoms with Gasteiger partial charge in [0.05, 0.1) is 11.7 Å². The summed E-state index contributed by atoms with van der Waals surface area (Å²) in [5.41, 5.74) is 0.280. The average Bonchev–Trinajstić information content (AvgIpc) is 2.58. The van der Waals surface area contributed by atoms with Crippen molar-refractivity contribution in [1.29, 1.82) is 0 Å². The van der Waals surface area contributed by atoms with Crippen LogP contribution in [0.5, 0.6) is 0 Å². The molecular formula is C12H21IO. The summed E-state index contributed by atoms with van der Waals surface area (Å²) < 4.78 is 7.46. The fourth-order valence-corrected chi connectivity index (χ4v) is 3.80. The number of rotatable bonds is 1. The van der Waals surface area contributed by atoms with Crippen LogP contribution < -0.4 is 0 Å². The summed E-state index contributed by atoms with van der Waals surface area (Å²) in [6.45, 7) is 4.78. The van der Waals surface area contributed by atoms with Crippen molar-refractivity contribution in [3.05, 3.63) is 0 Å². The quantitative estimate of drug-likeness (QED) is 0.529. The maximum absolute atomic E-state index is 6.29. The molecule has 2 fully saturated rings. The summed E-state index contributed by atoms with van der Waals surface area (Å²) in [4.78, 5) is 0. The Kier molecular flexibility index (Phi) is 3.42. The van der Waals surface area contributed by atoms with E-state index in [9.17, 15) is 0 Å². The van der Waals surface area contributed by atoms with Crippen molar-refractivity contribution in [2.75, 3.05) is 4.43 Å². The van der Waals surface area contributed by atoms with Crippen molar-refractivity contribution in [2.24, 2.45) is 11.8 Å². The lowest BCUT2D eigenvalue weighted by Crippen LogP contribution is -2.41. The summed E-state index contributed by atoms with van der Waals surface area (Å²) in [6.07, 6.45) is 7.21. The molecule has 1 heterocycles. The van der Waals surface area contributed by atoms with Crippen LogP contribution in [0.3, 0.4) is 0 Å². The summed E-state index contributed by atoms with van der Waals surface area (Å²) in [5, 5.41) is 0. The minimum absolute atomic E-state index is 0.280. The first-order valence-electron chi connectivity index (χ1n) is 5.90. The molecule has 2 heteroatoms. The highest BCUT2D eigenvalue weighted by atomic mass is 127. The van der Waals surface area contributed by atoms with Gasteiger partial charge >= 0.3 is 0 Å². The first-order valence-corrected chi connectivity index (χ1v) is 7.42. The zero-order valence-electron chi connectivity index (χ0n) is 9.26. The predicted octanol–water partition coefficient (Wildman–Crippen LogP) is 3.80. The van der Waals surface area contributed by atoms with Crippen LogP contribution in [0.15, 0.2) is 0 Å². The monoisotopic (exact) mass is 308 g/mol. The van der Waals surface area contributed by atoms with Gasteiger partial charge in [0.2, 0.25) is 0 Å². The van der Waals surface area contributed by atoms with E-state index >= 15 is 0 Å². The van der Waals surface area contributed by atoms with Crippen molar-refractivity contribution in [2.45, 2.75) is 57.7 Å². The van der Waals surface area contributed by atoms with E-state index in [2.05, 4.69) is 36.4 Å². The Labute approximate surface area is 101 Å². The molecule has 1 saturated heterocycles. The molecule has 0 bridgehead atoms. The van der Waals surface area contributed by atoms with Crippen molar-refractivity contribution < 1.29 is 4.74 Å². The van der Waals surface area contributed by atoms with Gasteiger partial charge in [-0.1, -0.05) is 36.4 Å². The van der Waals surface area contributed by atoms with Crippen LogP contribution in [0.1, 0.15) is 46.0 Å². The number of hydrogen-bond acceptors (Lipinski definition) is 1. The lowest BCUT2D eigenvalue weighted by molar-refractivity contribution is -0.0958. The minimum Gasteiger partial charge on any atom is -0.371 e. The highest BCUT2D eigenvalue weighted by Crippen LogP contribution is 2.47. The molecule has 4 atom stereocenters. The topological polar surface area (TPSA) is 9.23 Å². The Hall–Kier alpha value is 0.690. The molecule has 14 heavy (non-hydrogen) atoms. The summed E-state index contributed by atoms with van der Waals surface area (Å²) in [5.74, 6) is 1.69. The molecule has 2 rings (SSSR count). The van der Waals surface area contributed by atoms with Crippen molar-refractivity contribution >= 4 is 22.6 Å². The van der Waals surface area contributed by atoms with E-state index in [0.717, 1.165) is 11.8 Å². The van der Waals surface area contributed by atoms with Gasteiger partial charge in [0.15, 0.2) is 0 Å². The second-order valence-electron chi connectivity index (χ2n) is 5.28. The lowest BCUT2D eigenvalue weighted by atomic mass is 9.71. The molecule has 0 N–H and O–H groups in total. The van der Waals surface area contributed by atoms with Crippen LogP contribution in [0.25, 0.3) is 0 Å². The minimum atomic E-state index is 0.280. The molecule has 0 amide bonds. The van der Waals surface area contributed by atoms with E-state index in [1.807, 2.05) is 0 Å². The van der Waals surface area contributed by atoms with E-state index in [4.69, 9.17) is 4.74 Å². The van der Waals surface area contributed by atoms with Crippen LogP contribution in [0.4, 0.5) is 0 Å². The molecule has 1 saturated carbocycles. The molecule has 0 aromatic carbocycles. The SMILES string of the molecule is CC1CCC2(CCC(CI)O2)C(C)C1. The smallest absolute Gasteiger partial charge is 0.0713 e. The maximum Gasteiger partial charge on any atom is 0.0713 e. The van der Waals surface area contributed by atoms with E-state index < -0.39 is 0 Å². The van der Waals surface area contributed by atoms with Crippen molar-refractivity contribution in [3.8, 4) is 0 Å². The number of hydrogen-bond donors (Lipinski definition) is 0. The maximum atomic E-state index is 6.29.